The number of hydrogen-bond acceptors (Lipinski definition) is 2. The number of benzene rings is 3. The van der Waals surface area contributed by atoms with Crippen molar-refractivity contribution in [1.82, 2.24) is 9.55 Å². The minimum Gasteiger partial charge on any atom is -0.324 e. The number of aryl methyl sites for hydroxylation is 2. The van der Waals surface area contributed by atoms with Crippen LogP contribution >= 0.6 is 0 Å². The lowest BCUT2D eigenvalue weighted by atomic mass is 10.1. The molecule has 126 valence electrons. The van der Waals surface area contributed by atoms with E-state index in [1.165, 1.54) is 5.56 Å². The second-order valence-corrected chi connectivity index (χ2v) is 6.35. The normalized spacial score (nSPS) is 10.7. The van der Waals surface area contributed by atoms with Crippen LogP contribution in [0, 0.1) is 11.3 Å². The Morgan fingerprint density at radius 3 is 2.35 bits per heavy atom. The molecule has 3 aromatic carbocycles. The van der Waals surface area contributed by atoms with E-state index in [-0.39, 0.29) is 0 Å². The van der Waals surface area contributed by atoms with Gasteiger partial charge in [-0.3, -0.25) is 0 Å². The van der Waals surface area contributed by atoms with Crippen LogP contribution in [0.25, 0.3) is 22.4 Å². The van der Waals surface area contributed by atoms with Crippen LogP contribution in [0.1, 0.15) is 17.5 Å². The summed E-state index contributed by atoms with van der Waals surface area (Å²) in [6, 6.07) is 28.7. The first-order valence-electron chi connectivity index (χ1n) is 8.85. The van der Waals surface area contributed by atoms with E-state index >= 15 is 0 Å². The summed E-state index contributed by atoms with van der Waals surface area (Å²) < 4.78 is 2.29. The molecule has 1 aromatic heterocycles. The lowest BCUT2D eigenvalue weighted by Gasteiger charge is -2.10. The summed E-state index contributed by atoms with van der Waals surface area (Å²) in [5, 5.41) is 9.02. The van der Waals surface area contributed by atoms with Crippen molar-refractivity contribution in [3.8, 4) is 17.5 Å². The van der Waals surface area contributed by atoms with Crippen LogP contribution in [0.4, 0.5) is 0 Å². The van der Waals surface area contributed by atoms with Gasteiger partial charge in [0.05, 0.1) is 22.7 Å². The maximum absolute atomic E-state index is 9.02. The maximum Gasteiger partial charge on any atom is 0.141 e. The molecule has 0 radical (unpaired) electrons. The van der Waals surface area contributed by atoms with Crippen LogP contribution in [0.3, 0.4) is 0 Å². The Morgan fingerprint density at radius 2 is 1.58 bits per heavy atom. The third-order valence-electron chi connectivity index (χ3n) is 4.62. The molecule has 26 heavy (non-hydrogen) atoms. The highest BCUT2D eigenvalue weighted by Crippen LogP contribution is 2.25. The first kappa shape index (κ1) is 16.1. The molecule has 0 N–H and O–H groups in total. The van der Waals surface area contributed by atoms with E-state index in [0.717, 1.165) is 41.8 Å². The van der Waals surface area contributed by atoms with E-state index in [1.807, 2.05) is 30.3 Å². The van der Waals surface area contributed by atoms with E-state index in [2.05, 4.69) is 59.2 Å². The zero-order valence-electron chi connectivity index (χ0n) is 14.5. The van der Waals surface area contributed by atoms with Gasteiger partial charge in [0.15, 0.2) is 0 Å². The molecule has 0 saturated heterocycles. The zero-order valence-corrected chi connectivity index (χ0v) is 14.5. The summed E-state index contributed by atoms with van der Waals surface area (Å²) in [6.07, 6.45) is 2.09. The molecular weight excluding hydrogens is 318 g/mol. The Labute approximate surface area is 153 Å². The van der Waals surface area contributed by atoms with Gasteiger partial charge in [-0.25, -0.2) is 4.98 Å². The number of nitriles is 1. The fourth-order valence-corrected chi connectivity index (χ4v) is 3.30. The van der Waals surface area contributed by atoms with Crippen molar-refractivity contribution in [1.29, 1.82) is 5.26 Å². The molecule has 0 aliphatic rings. The molecule has 0 unspecified atom stereocenters. The summed E-state index contributed by atoms with van der Waals surface area (Å²) in [7, 11) is 0. The number of imidazole rings is 1. The lowest BCUT2D eigenvalue weighted by molar-refractivity contribution is 0.663. The van der Waals surface area contributed by atoms with Gasteiger partial charge in [-0.2, -0.15) is 5.26 Å². The van der Waals surface area contributed by atoms with Crippen molar-refractivity contribution < 1.29 is 0 Å². The minimum absolute atomic E-state index is 0.667. The monoisotopic (exact) mass is 337 g/mol. The van der Waals surface area contributed by atoms with Crippen LogP contribution in [0.2, 0.25) is 0 Å². The average Bonchev–Trinajstić information content (AvgIpc) is 3.08. The smallest absolute Gasteiger partial charge is 0.141 e. The Balaban J connectivity index is 1.66. The Hall–Kier alpha value is -3.38. The molecule has 0 fully saturated rings. The number of aromatic nitrogens is 2. The molecular formula is C23H19N3. The second kappa shape index (κ2) is 7.25. The average molecular weight is 337 g/mol. The SMILES string of the molecule is N#Cc1ccc(-c2nc3ccccc3n2CCCc2ccccc2)cc1. The standard InChI is InChI=1S/C23H19N3/c24-17-19-12-14-20(15-13-19)23-25-21-10-4-5-11-22(21)26(23)16-6-9-18-7-2-1-3-8-18/h1-5,7-8,10-15H,6,9,16H2. The van der Waals surface area contributed by atoms with Gasteiger partial charge in [-0.05, 0) is 54.8 Å². The van der Waals surface area contributed by atoms with Crippen LogP contribution < -0.4 is 0 Å². The van der Waals surface area contributed by atoms with E-state index < -0.39 is 0 Å². The molecule has 4 aromatic rings. The quantitative estimate of drug-likeness (QED) is 0.502. The van der Waals surface area contributed by atoms with Crippen molar-refractivity contribution in [2.24, 2.45) is 0 Å². The van der Waals surface area contributed by atoms with Gasteiger partial charge in [-0.15, -0.1) is 0 Å². The summed E-state index contributed by atoms with van der Waals surface area (Å²) in [4.78, 5) is 4.84. The second-order valence-electron chi connectivity index (χ2n) is 6.35. The van der Waals surface area contributed by atoms with E-state index in [0.29, 0.717) is 5.56 Å². The van der Waals surface area contributed by atoms with Gasteiger partial charge in [0, 0.05) is 12.1 Å². The van der Waals surface area contributed by atoms with Crippen molar-refractivity contribution >= 4 is 11.0 Å². The molecule has 3 nitrogen and oxygen atoms in total. The topological polar surface area (TPSA) is 41.6 Å². The first-order valence-corrected chi connectivity index (χ1v) is 8.85. The molecule has 4 rings (SSSR count). The number of para-hydroxylation sites is 2. The molecule has 0 saturated carbocycles. The summed E-state index contributed by atoms with van der Waals surface area (Å²) in [5.74, 6) is 0.962. The van der Waals surface area contributed by atoms with Crippen molar-refractivity contribution in [2.45, 2.75) is 19.4 Å². The van der Waals surface area contributed by atoms with Gasteiger partial charge in [0.25, 0.3) is 0 Å². The highest BCUT2D eigenvalue weighted by Gasteiger charge is 2.12. The summed E-state index contributed by atoms with van der Waals surface area (Å²) in [5.41, 5.74) is 5.23. The van der Waals surface area contributed by atoms with E-state index in [1.54, 1.807) is 0 Å². The van der Waals surface area contributed by atoms with Gasteiger partial charge < -0.3 is 4.57 Å². The van der Waals surface area contributed by atoms with Crippen LogP contribution in [-0.4, -0.2) is 9.55 Å². The summed E-state index contributed by atoms with van der Waals surface area (Å²) in [6.45, 7) is 0.907. The molecule has 0 spiro atoms. The van der Waals surface area contributed by atoms with Gasteiger partial charge in [-0.1, -0.05) is 42.5 Å². The molecule has 3 heteroatoms. The molecule has 1 heterocycles. The fourth-order valence-electron chi connectivity index (χ4n) is 3.30. The molecule has 0 aliphatic carbocycles. The highest BCUT2D eigenvalue weighted by atomic mass is 15.1. The molecule has 0 aliphatic heterocycles. The third kappa shape index (κ3) is 3.22. The van der Waals surface area contributed by atoms with Crippen LogP contribution in [0.15, 0.2) is 78.9 Å². The Bertz CT molecular complexity index is 1050. The first-order chi connectivity index (χ1) is 12.8. The molecule has 0 amide bonds. The zero-order chi connectivity index (χ0) is 17.8. The van der Waals surface area contributed by atoms with Gasteiger partial charge in [0.2, 0.25) is 0 Å². The largest absolute Gasteiger partial charge is 0.324 e. The van der Waals surface area contributed by atoms with E-state index in [4.69, 9.17) is 10.2 Å². The predicted molar refractivity (Wildman–Crippen MR) is 105 cm³/mol. The summed E-state index contributed by atoms with van der Waals surface area (Å²) >= 11 is 0. The molecule has 0 bridgehead atoms. The Morgan fingerprint density at radius 1 is 0.846 bits per heavy atom. The number of hydrogen-bond donors (Lipinski definition) is 0. The third-order valence-corrected chi connectivity index (χ3v) is 4.62. The van der Waals surface area contributed by atoms with Crippen molar-refractivity contribution in [3.05, 3.63) is 90.0 Å². The number of rotatable bonds is 5. The maximum atomic E-state index is 9.02. The van der Waals surface area contributed by atoms with Gasteiger partial charge in [0.1, 0.15) is 5.82 Å². The van der Waals surface area contributed by atoms with Crippen LogP contribution in [0.5, 0.6) is 0 Å². The van der Waals surface area contributed by atoms with Crippen molar-refractivity contribution in [2.75, 3.05) is 0 Å². The van der Waals surface area contributed by atoms with Crippen LogP contribution in [-0.2, 0) is 13.0 Å². The Kier molecular flexibility index (Phi) is 4.49. The lowest BCUT2D eigenvalue weighted by Crippen LogP contribution is -2.02. The number of fused-ring (bicyclic) bond motifs is 1. The predicted octanol–water partition coefficient (Wildman–Crippen LogP) is 5.21. The minimum atomic E-state index is 0.667. The fraction of sp³-hybridized carbons (Fsp3) is 0.130. The highest BCUT2D eigenvalue weighted by molar-refractivity contribution is 5.80. The number of nitrogens with zero attached hydrogens (tertiary/aromatic N) is 3. The molecule has 0 atom stereocenters. The van der Waals surface area contributed by atoms with E-state index in [9.17, 15) is 0 Å². The van der Waals surface area contributed by atoms with Gasteiger partial charge >= 0.3 is 0 Å². The van der Waals surface area contributed by atoms with Crippen molar-refractivity contribution in [3.63, 3.8) is 0 Å².